The van der Waals surface area contributed by atoms with Crippen molar-refractivity contribution in [2.45, 2.75) is 13.5 Å². The largest absolute Gasteiger partial charge is 0.397 e. The van der Waals surface area contributed by atoms with Crippen LogP contribution < -0.4 is 10.6 Å². The molecule has 3 rings (SSSR count). The molecule has 1 aromatic carbocycles. The Labute approximate surface area is 136 Å². The fourth-order valence-corrected chi connectivity index (χ4v) is 3.08. The van der Waals surface area contributed by atoms with Crippen LogP contribution in [0.2, 0.25) is 5.02 Å². The molecule has 1 saturated heterocycles. The second kappa shape index (κ2) is 6.18. The standard InChI is InChI=1S/C16H22ClN5/c1-12-13(10-19-20(12)2)11-21-5-7-22(8-6-21)16-4-3-14(17)9-15(16)18/h3-4,9-10H,5-8,11,18H2,1-2H3. The van der Waals surface area contributed by atoms with Gasteiger partial charge in [0.2, 0.25) is 0 Å². The Morgan fingerprint density at radius 2 is 1.95 bits per heavy atom. The Bertz CT molecular complexity index is 659. The zero-order chi connectivity index (χ0) is 15.7. The molecule has 5 nitrogen and oxygen atoms in total. The Morgan fingerprint density at radius 1 is 1.23 bits per heavy atom. The van der Waals surface area contributed by atoms with Gasteiger partial charge in [0.05, 0.1) is 17.6 Å². The highest BCUT2D eigenvalue weighted by Gasteiger charge is 2.20. The summed E-state index contributed by atoms with van der Waals surface area (Å²) >= 11 is 5.97. The number of nitrogen functional groups attached to an aromatic ring is 1. The van der Waals surface area contributed by atoms with Crippen molar-refractivity contribution in [2.24, 2.45) is 7.05 Å². The van der Waals surface area contributed by atoms with Crippen molar-refractivity contribution in [3.8, 4) is 0 Å². The highest BCUT2D eigenvalue weighted by atomic mass is 35.5. The summed E-state index contributed by atoms with van der Waals surface area (Å²) in [7, 11) is 1.99. The summed E-state index contributed by atoms with van der Waals surface area (Å²) in [6.45, 7) is 7.08. The van der Waals surface area contributed by atoms with Crippen molar-refractivity contribution < 1.29 is 0 Å². The number of hydrogen-bond acceptors (Lipinski definition) is 4. The summed E-state index contributed by atoms with van der Waals surface area (Å²) in [6, 6.07) is 5.74. The Hall–Kier alpha value is -1.72. The molecule has 1 aromatic heterocycles. The molecule has 0 radical (unpaired) electrons. The van der Waals surface area contributed by atoms with Gasteiger partial charge in [0.25, 0.3) is 0 Å². The molecule has 0 spiro atoms. The quantitative estimate of drug-likeness (QED) is 0.882. The number of nitrogens with zero attached hydrogens (tertiary/aromatic N) is 4. The molecule has 1 aliphatic heterocycles. The molecule has 1 aliphatic rings. The minimum Gasteiger partial charge on any atom is -0.397 e. The summed E-state index contributed by atoms with van der Waals surface area (Å²) < 4.78 is 1.93. The summed E-state index contributed by atoms with van der Waals surface area (Å²) in [5, 5.41) is 5.00. The third kappa shape index (κ3) is 3.05. The summed E-state index contributed by atoms with van der Waals surface area (Å²) in [4.78, 5) is 4.80. The van der Waals surface area contributed by atoms with Gasteiger partial charge < -0.3 is 10.6 Å². The Kier molecular flexibility index (Phi) is 4.27. The molecular weight excluding hydrogens is 298 g/mol. The molecule has 0 amide bonds. The van der Waals surface area contributed by atoms with Crippen molar-refractivity contribution in [3.05, 3.63) is 40.7 Å². The predicted molar refractivity (Wildman–Crippen MR) is 91.3 cm³/mol. The molecular formula is C16H22ClN5. The van der Waals surface area contributed by atoms with E-state index in [1.165, 1.54) is 11.3 Å². The van der Waals surface area contributed by atoms with Gasteiger partial charge in [0.1, 0.15) is 0 Å². The lowest BCUT2D eigenvalue weighted by Gasteiger charge is -2.36. The van der Waals surface area contributed by atoms with Crippen LogP contribution in [0.15, 0.2) is 24.4 Å². The van der Waals surface area contributed by atoms with Crippen LogP contribution in [0.25, 0.3) is 0 Å². The van der Waals surface area contributed by atoms with Crippen molar-refractivity contribution in [3.63, 3.8) is 0 Å². The smallest absolute Gasteiger partial charge is 0.0601 e. The SMILES string of the molecule is Cc1c(CN2CCN(c3ccc(Cl)cc3N)CC2)cnn1C. The molecule has 0 saturated carbocycles. The van der Waals surface area contributed by atoms with E-state index in [1.807, 2.05) is 36.1 Å². The molecule has 0 unspecified atom stereocenters. The Morgan fingerprint density at radius 3 is 2.55 bits per heavy atom. The minimum atomic E-state index is 0.687. The van der Waals surface area contributed by atoms with Gasteiger partial charge in [-0.05, 0) is 25.1 Å². The predicted octanol–water partition coefficient (Wildman–Crippen LogP) is 2.29. The highest BCUT2D eigenvalue weighted by molar-refractivity contribution is 6.31. The first-order valence-corrected chi connectivity index (χ1v) is 7.92. The molecule has 118 valence electrons. The second-order valence-corrected chi connectivity index (χ2v) is 6.28. The van der Waals surface area contributed by atoms with Gasteiger partial charge in [-0.2, -0.15) is 5.10 Å². The van der Waals surface area contributed by atoms with Crippen LogP contribution in [0.3, 0.4) is 0 Å². The molecule has 0 atom stereocenters. The van der Waals surface area contributed by atoms with Crippen molar-refractivity contribution >= 4 is 23.0 Å². The molecule has 0 aliphatic carbocycles. The summed E-state index contributed by atoms with van der Waals surface area (Å²) in [6.07, 6.45) is 1.97. The summed E-state index contributed by atoms with van der Waals surface area (Å²) in [5.41, 5.74) is 10.5. The van der Waals surface area contributed by atoms with E-state index in [1.54, 1.807) is 0 Å². The highest BCUT2D eigenvalue weighted by Crippen LogP contribution is 2.27. The number of rotatable bonds is 3. The maximum atomic E-state index is 6.08. The topological polar surface area (TPSA) is 50.3 Å². The van der Waals surface area contributed by atoms with Crippen LogP contribution in [-0.2, 0) is 13.6 Å². The van der Waals surface area contributed by atoms with E-state index >= 15 is 0 Å². The zero-order valence-electron chi connectivity index (χ0n) is 13.1. The fraction of sp³-hybridized carbons (Fsp3) is 0.438. The number of benzene rings is 1. The van der Waals surface area contributed by atoms with E-state index in [4.69, 9.17) is 17.3 Å². The van der Waals surface area contributed by atoms with Gasteiger partial charge in [-0.3, -0.25) is 9.58 Å². The van der Waals surface area contributed by atoms with Crippen LogP contribution in [0.4, 0.5) is 11.4 Å². The Balaban J connectivity index is 1.61. The number of aromatic nitrogens is 2. The van der Waals surface area contributed by atoms with E-state index in [0.717, 1.165) is 44.1 Å². The van der Waals surface area contributed by atoms with Crippen molar-refractivity contribution in [1.82, 2.24) is 14.7 Å². The van der Waals surface area contributed by atoms with Gasteiger partial charge in [0, 0.05) is 56.1 Å². The molecule has 2 N–H and O–H groups in total. The molecule has 0 bridgehead atoms. The van der Waals surface area contributed by atoms with Crippen LogP contribution in [0.5, 0.6) is 0 Å². The molecule has 6 heteroatoms. The maximum Gasteiger partial charge on any atom is 0.0601 e. The first kappa shape index (κ1) is 15.2. The fourth-order valence-electron chi connectivity index (χ4n) is 2.90. The van der Waals surface area contributed by atoms with E-state index in [0.29, 0.717) is 5.02 Å². The minimum absolute atomic E-state index is 0.687. The van der Waals surface area contributed by atoms with Gasteiger partial charge in [-0.15, -0.1) is 0 Å². The first-order chi connectivity index (χ1) is 10.5. The lowest BCUT2D eigenvalue weighted by atomic mass is 10.2. The van der Waals surface area contributed by atoms with Gasteiger partial charge in [-0.25, -0.2) is 0 Å². The van der Waals surface area contributed by atoms with Gasteiger partial charge >= 0.3 is 0 Å². The number of aryl methyl sites for hydroxylation is 1. The van der Waals surface area contributed by atoms with Crippen molar-refractivity contribution in [2.75, 3.05) is 36.8 Å². The van der Waals surface area contributed by atoms with Gasteiger partial charge in [0.15, 0.2) is 0 Å². The number of halogens is 1. The van der Waals surface area contributed by atoms with Gasteiger partial charge in [-0.1, -0.05) is 11.6 Å². The van der Waals surface area contributed by atoms with E-state index < -0.39 is 0 Å². The van der Waals surface area contributed by atoms with Crippen LogP contribution >= 0.6 is 11.6 Å². The summed E-state index contributed by atoms with van der Waals surface area (Å²) in [5.74, 6) is 0. The number of piperazine rings is 1. The van der Waals surface area contributed by atoms with Crippen LogP contribution in [0.1, 0.15) is 11.3 Å². The monoisotopic (exact) mass is 319 g/mol. The number of nitrogens with two attached hydrogens (primary N) is 1. The lowest BCUT2D eigenvalue weighted by molar-refractivity contribution is 0.249. The maximum absolute atomic E-state index is 6.08. The molecule has 1 fully saturated rings. The average molecular weight is 320 g/mol. The second-order valence-electron chi connectivity index (χ2n) is 5.85. The third-order valence-electron chi connectivity index (χ3n) is 4.43. The van der Waals surface area contributed by atoms with E-state index in [-0.39, 0.29) is 0 Å². The average Bonchev–Trinajstić information content (AvgIpc) is 2.80. The van der Waals surface area contributed by atoms with Crippen LogP contribution in [0, 0.1) is 6.92 Å². The molecule has 22 heavy (non-hydrogen) atoms. The van der Waals surface area contributed by atoms with E-state index in [9.17, 15) is 0 Å². The van der Waals surface area contributed by atoms with Crippen LogP contribution in [-0.4, -0.2) is 40.9 Å². The van der Waals surface area contributed by atoms with Crippen molar-refractivity contribution in [1.29, 1.82) is 0 Å². The third-order valence-corrected chi connectivity index (χ3v) is 4.67. The lowest BCUT2D eigenvalue weighted by Crippen LogP contribution is -2.46. The number of hydrogen-bond donors (Lipinski definition) is 1. The van der Waals surface area contributed by atoms with E-state index in [2.05, 4.69) is 21.8 Å². The molecule has 2 heterocycles. The first-order valence-electron chi connectivity index (χ1n) is 7.54. The molecule has 2 aromatic rings. The zero-order valence-corrected chi connectivity index (χ0v) is 13.8. The normalized spacial score (nSPS) is 16.2. The number of anilines is 2.